The summed E-state index contributed by atoms with van der Waals surface area (Å²) in [6, 6.07) is 7.74. The number of nitrogens with zero attached hydrogens (tertiary/aromatic N) is 1. The average Bonchev–Trinajstić information content (AvgIpc) is 3.21. The predicted molar refractivity (Wildman–Crippen MR) is 70.1 cm³/mol. The van der Waals surface area contributed by atoms with Crippen LogP contribution in [-0.4, -0.2) is 44.5 Å². The number of hydrogen-bond donors (Lipinski definition) is 0. The van der Waals surface area contributed by atoms with Crippen molar-refractivity contribution in [3.05, 3.63) is 35.4 Å². The van der Waals surface area contributed by atoms with Crippen LogP contribution in [0.3, 0.4) is 0 Å². The minimum absolute atomic E-state index is 0.325. The van der Waals surface area contributed by atoms with Gasteiger partial charge in [0.15, 0.2) is 0 Å². The van der Waals surface area contributed by atoms with Crippen LogP contribution in [0.15, 0.2) is 24.3 Å². The van der Waals surface area contributed by atoms with Gasteiger partial charge >= 0.3 is 0 Å². The van der Waals surface area contributed by atoms with Gasteiger partial charge in [-0.05, 0) is 18.1 Å². The molecule has 2 fully saturated rings. The lowest BCUT2D eigenvalue weighted by atomic mass is 10.1. The normalized spacial score (nSPS) is 28.3. The van der Waals surface area contributed by atoms with E-state index in [1.54, 1.807) is 0 Å². The second-order valence-electron chi connectivity index (χ2n) is 4.84. The van der Waals surface area contributed by atoms with Gasteiger partial charge in [-0.25, -0.2) is 8.42 Å². The van der Waals surface area contributed by atoms with E-state index in [2.05, 4.69) is 0 Å². The highest BCUT2D eigenvalue weighted by Gasteiger charge is 2.53. The van der Waals surface area contributed by atoms with E-state index < -0.39 is 15.5 Å². The third-order valence-electron chi connectivity index (χ3n) is 3.57. The van der Waals surface area contributed by atoms with Crippen molar-refractivity contribution in [2.75, 3.05) is 26.3 Å². The Morgan fingerprint density at radius 3 is 2.58 bits per heavy atom. The highest BCUT2D eigenvalue weighted by atomic mass is 32.2. The molecule has 0 amide bonds. The first-order valence-corrected chi connectivity index (χ1v) is 7.89. The van der Waals surface area contributed by atoms with Crippen LogP contribution >= 0.6 is 0 Å². The van der Waals surface area contributed by atoms with Crippen LogP contribution < -0.4 is 0 Å². The predicted octanol–water partition coefficient (Wildman–Crippen LogP) is 1.05. The van der Waals surface area contributed by atoms with Gasteiger partial charge in [0.05, 0.1) is 13.2 Å². The molecule has 0 radical (unpaired) electrons. The fraction of sp³-hybridized carbons (Fsp3) is 0.538. The van der Waals surface area contributed by atoms with Crippen LogP contribution in [0, 0.1) is 6.92 Å². The monoisotopic (exact) mass is 283 g/mol. The molecule has 2 atom stereocenters. The molecule has 0 saturated carbocycles. The van der Waals surface area contributed by atoms with E-state index in [1.165, 1.54) is 4.31 Å². The first-order valence-electron chi connectivity index (χ1n) is 6.38. The maximum atomic E-state index is 12.4. The van der Waals surface area contributed by atoms with Crippen LogP contribution in [0.1, 0.15) is 17.2 Å². The molecule has 3 rings (SSSR count). The standard InChI is InChI=1S/C13H17NO4S/c1-10-4-2-3-5-11(10)12-13(18-12)19(15,16)14-6-8-17-9-7-14/h2-5,12-13H,6-9H2,1H3. The van der Waals surface area contributed by atoms with Gasteiger partial charge in [-0.15, -0.1) is 0 Å². The molecule has 1 aromatic rings. The largest absolute Gasteiger partial charge is 0.379 e. The van der Waals surface area contributed by atoms with Gasteiger partial charge in [-0.1, -0.05) is 24.3 Å². The van der Waals surface area contributed by atoms with Crippen LogP contribution in [0.5, 0.6) is 0 Å². The molecular weight excluding hydrogens is 266 g/mol. The van der Waals surface area contributed by atoms with Crippen molar-refractivity contribution < 1.29 is 17.9 Å². The number of rotatable bonds is 3. The van der Waals surface area contributed by atoms with Crippen LogP contribution in [-0.2, 0) is 19.5 Å². The summed E-state index contributed by atoms with van der Waals surface area (Å²) in [6.07, 6.45) is -0.325. The van der Waals surface area contributed by atoms with E-state index in [9.17, 15) is 8.42 Å². The number of ether oxygens (including phenoxy) is 2. The van der Waals surface area contributed by atoms with E-state index in [4.69, 9.17) is 9.47 Å². The quantitative estimate of drug-likeness (QED) is 0.778. The van der Waals surface area contributed by atoms with Crippen molar-refractivity contribution in [2.45, 2.75) is 18.5 Å². The third kappa shape index (κ3) is 2.41. The molecule has 2 heterocycles. The molecule has 2 saturated heterocycles. The van der Waals surface area contributed by atoms with Gasteiger partial charge in [-0.2, -0.15) is 4.31 Å². The molecule has 2 unspecified atom stereocenters. The smallest absolute Gasteiger partial charge is 0.244 e. The Balaban J connectivity index is 1.77. The average molecular weight is 283 g/mol. The zero-order chi connectivity index (χ0) is 13.5. The number of epoxide rings is 1. The van der Waals surface area contributed by atoms with Crippen molar-refractivity contribution in [2.24, 2.45) is 0 Å². The Hall–Kier alpha value is -0.950. The second kappa shape index (κ2) is 4.86. The minimum atomic E-state index is -3.37. The van der Waals surface area contributed by atoms with E-state index in [0.717, 1.165) is 11.1 Å². The molecule has 19 heavy (non-hydrogen) atoms. The SMILES string of the molecule is Cc1ccccc1C1OC1S(=O)(=O)N1CCOCC1. The maximum Gasteiger partial charge on any atom is 0.244 e. The van der Waals surface area contributed by atoms with Gasteiger partial charge in [0.25, 0.3) is 0 Å². The lowest BCUT2D eigenvalue weighted by molar-refractivity contribution is 0.0725. The Morgan fingerprint density at radius 2 is 1.89 bits per heavy atom. The molecule has 0 aliphatic carbocycles. The summed E-state index contributed by atoms with van der Waals surface area (Å²) in [5.41, 5.74) is 1.29. The van der Waals surface area contributed by atoms with Crippen molar-refractivity contribution >= 4 is 10.0 Å². The van der Waals surface area contributed by atoms with Gasteiger partial charge in [0, 0.05) is 13.1 Å². The Kier molecular flexibility index (Phi) is 3.34. The Morgan fingerprint density at radius 1 is 1.21 bits per heavy atom. The second-order valence-corrected chi connectivity index (χ2v) is 6.85. The summed E-state index contributed by atoms with van der Waals surface area (Å²) >= 11 is 0. The lowest BCUT2D eigenvalue weighted by Gasteiger charge is -2.25. The molecule has 2 aliphatic rings. The molecular formula is C13H17NO4S. The first-order chi connectivity index (χ1) is 9.10. The van der Waals surface area contributed by atoms with E-state index >= 15 is 0 Å². The fourth-order valence-corrected chi connectivity index (χ4v) is 4.07. The van der Waals surface area contributed by atoms with E-state index in [0.29, 0.717) is 26.3 Å². The summed E-state index contributed by atoms with van der Waals surface area (Å²) in [5, 5.41) is 0. The van der Waals surface area contributed by atoms with Crippen LogP contribution in [0.2, 0.25) is 0 Å². The third-order valence-corrected chi connectivity index (χ3v) is 5.60. The van der Waals surface area contributed by atoms with Crippen molar-refractivity contribution in [3.63, 3.8) is 0 Å². The van der Waals surface area contributed by atoms with Crippen LogP contribution in [0.25, 0.3) is 0 Å². The zero-order valence-corrected chi connectivity index (χ0v) is 11.6. The molecule has 5 nitrogen and oxygen atoms in total. The van der Waals surface area contributed by atoms with Gasteiger partial charge in [-0.3, -0.25) is 0 Å². The van der Waals surface area contributed by atoms with Crippen molar-refractivity contribution in [1.29, 1.82) is 0 Å². The van der Waals surface area contributed by atoms with Crippen molar-refractivity contribution in [1.82, 2.24) is 4.31 Å². The summed E-state index contributed by atoms with van der Waals surface area (Å²) in [6.45, 7) is 3.72. The molecule has 104 valence electrons. The Bertz CT molecular complexity index is 566. The molecule has 6 heteroatoms. The number of morpholine rings is 1. The first kappa shape index (κ1) is 13.1. The molecule has 0 bridgehead atoms. The minimum Gasteiger partial charge on any atom is -0.379 e. The van der Waals surface area contributed by atoms with Crippen LogP contribution in [0.4, 0.5) is 0 Å². The van der Waals surface area contributed by atoms with E-state index in [-0.39, 0.29) is 6.10 Å². The fourth-order valence-electron chi connectivity index (χ4n) is 2.40. The highest BCUT2D eigenvalue weighted by Crippen LogP contribution is 2.44. The summed E-state index contributed by atoms with van der Waals surface area (Å²) in [4.78, 5) is 0. The summed E-state index contributed by atoms with van der Waals surface area (Å²) in [7, 11) is -3.37. The molecule has 2 aliphatic heterocycles. The van der Waals surface area contributed by atoms with Gasteiger partial charge < -0.3 is 9.47 Å². The van der Waals surface area contributed by atoms with Gasteiger partial charge in [0.1, 0.15) is 6.10 Å². The summed E-state index contributed by atoms with van der Waals surface area (Å²) < 4.78 is 36.9. The maximum absolute atomic E-state index is 12.4. The number of aryl methyl sites for hydroxylation is 1. The lowest BCUT2D eigenvalue weighted by Crippen LogP contribution is -2.42. The Labute approximate surface area is 113 Å². The van der Waals surface area contributed by atoms with Gasteiger partial charge in [0.2, 0.25) is 15.5 Å². The van der Waals surface area contributed by atoms with Crippen molar-refractivity contribution in [3.8, 4) is 0 Å². The summed E-state index contributed by atoms with van der Waals surface area (Å²) in [5.74, 6) is 0. The molecule has 0 aromatic heterocycles. The molecule has 1 aromatic carbocycles. The number of benzene rings is 1. The highest BCUT2D eigenvalue weighted by molar-refractivity contribution is 7.89. The molecule has 0 N–H and O–H groups in total. The zero-order valence-electron chi connectivity index (χ0n) is 10.8. The topological polar surface area (TPSA) is 59.1 Å². The molecule has 0 spiro atoms. The number of hydrogen-bond acceptors (Lipinski definition) is 4. The number of sulfonamides is 1. The van der Waals surface area contributed by atoms with E-state index in [1.807, 2.05) is 31.2 Å².